The Labute approximate surface area is 164 Å². The normalized spacial score (nSPS) is 16.3. The summed E-state index contributed by atoms with van der Waals surface area (Å²) in [6, 6.07) is 17.3. The molecular formula is C23H23FN4. The molecular weight excluding hydrogens is 351 g/mol. The number of piperazine rings is 1. The van der Waals surface area contributed by atoms with E-state index in [4.69, 9.17) is 0 Å². The summed E-state index contributed by atoms with van der Waals surface area (Å²) in [4.78, 5) is 4.91. The zero-order chi connectivity index (χ0) is 19.1. The summed E-state index contributed by atoms with van der Waals surface area (Å²) in [6.07, 6.45) is 2.27. The Morgan fingerprint density at radius 2 is 1.61 bits per heavy atom. The number of hydrogen-bond donors (Lipinski definition) is 0. The number of nitrogens with zero attached hydrogens (tertiary/aromatic N) is 4. The first-order valence-electron chi connectivity index (χ1n) is 9.77. The highest BCUT2D eigenvalue weighted by atomic mass is 19.1. The van der Waals surface area contributed by atoms with Gasteiger partial charge in [0.2, 0.25) is 0 Å². The second-order valence-corrected chi connectivity index (χ2v) is 7.50. The summed E-state index contributed by atoms with van der Waals surface area (Å²) in [6.45, 7) is 6.83. The molecule has 2 aliphatic heterocycles. The molecule has 0 aliphatic carbocycles. The Hall–Kier alpha value is -3.08. The predicted octanol–water partition coefficient (Wildman–Crippen LogP) is 4.17. The van der Waals surface area contributed by atoms with Crippen LogP contribution in [0.5, 0.6) is 0 Å². The molecule has 0 N–H and O–H groups in total. The molecule has 0 bridgehead atoms. The first-order chi connectivity index (χ1) is 13.7. The van der Waals surface area contributed by atoms with E-state index in [0.29, 0.717) is 0 Å². The molecule has 3 aromatic rings. The number of rotatable bonds is 3. The Morgan fingerprint density at radius 3 is 2.36 bits per heavy atom. The number of aromatic nitrogens is 2. The van der Waals surface area contributed by atoms with Gasteiger partial charge >= 0.3 is 0 Å². The Kier molecular flexibility index (Phi) is 4.15. The molecule has 0 unspecified atom stereocenters. The van der Waals surface area contributed by atoms with E-state index < -0.39 is 0 Å². The van der Waals surface area contributed by atoms with Gasteiger partial charge in [0.25, 0.3) is 0 Å². The lowest BCUT2D eigenvalue weighted by molar-refractivity contribution is 0.309. The fourth-order valence-electron chi connectivity index (χ4n) is 4.23. The van der Waals surface area contributed by atoms with Gasteiger partial charge in [0.15, 0.2) is 0 Å². The van der Waals surface area contributed by atoms with Crippen LogP contribution >= 0.6 is 0 Å². The summed E-state index contributed by atoms with van der Waals surface area (Å²) >= 11 is 0. The molecule has 142 valence electrons. The molecule has 0 saturated carbocycles. The zero-order valence-corrected chi connectivity index (χ0v) is 16.0. The van der Waals surface area contributed by atoms with Crippen LogP contribution in [0.1, 0.15) is 11.4 Å². The number of allylic oxidation sites excluding steroid dienone is 1. The van der Waals surface area contributed by atoms with Crippen molar-refractivity contribution in [1.29, 1.82) is 0 Å². The lowest BCUT2D eigenvalue weighted by atomic mass is 10.0. The Balaban J connectivity index is 1.32. The third kappa shape index (κ3) is 3.07. The number of anilines is 1. The van der Waals surface area contributed by atoms with Crippen molar-refractivity contribution >= 4 is 11.8 Å². The van der Waals surface area contributed by atoms with Crippen molar-refractivity contribution in [2.24, 2.45) is 0 Å². The largest absolute Gasteiger partial charge is 0.370 e. The van der Waals surface area contributed by atoms with E-state index in [1.807, 2.05) is 25.1 Å². The Bertz CT molecular complexity index is 1030. The van der Waals surface area contributed by atoms with Crippen LogP contribution in [0.2, 0.25) is 0 Å². The van der Waals surface area contributed by atoms with Crippen LogP contribution in [0.25, 0.3) is 17.2 Å². The van der Waals surface area contributed by atoms with Crippen LogP contribution in [-0.4, -0.2) is 40.9 Å². The number of para-hydroxylation sites is 1. The number of fused-ring (bicyclic) bond motifs is 1. The van der Waals surface area contributed by atoms with E-state index in [9.17, 15) is 4.39 Å². The smallest absolute Gasteiger partial charge is 0.123 e. The lowest BCUT2D eigenvalue weighted by Crippen LogP contribution is -2.46. The van der Waals surface area contributed by atoms with Crippen LogP contribution in [0.15, 0.2) is 60.3 Å². The molecule has 1 saturated heterocycles. The third-order valence-electron chi connectivity index (χ3n) is 5.65. The van der Waals surface area contributed by atoms with Gasteiger partial charge in [-0.1, -0.05) is 30.3 Å². The number of benzene rings is 2. The van der Waals surface area contributed by atoms with E-state index in [0.717, 1.165) is 49.5 Å². The van der Waals surface area contributed by atoms with Gasteiger partial charge in [0.1, 0.15) is 5.82 Å². The van der Waals surface area contributed by atoms with Crippen LogP contribution in [0.3, 0.4) is 0 Å². The molecule has 0 radical (unpaired) electrons. The number of aryl methyl sites for hydroxylation is 1. The van der Waals surface area contributed by atoms with Gasteiger partial charge in [0.05, 0.1) is 17.9 Å². The maximum Gasteiger partial charge on any atom is 0.123 e. The van der Waals surface area contributed by atoms with Gasteiger partial charge in [-0.3, -0.25) is 4.68 Å². The Morgan fingerprint density at radius 1 is 0.893 bits per heavy atom. The van der Waals surface area contributed by atoms with Crippen molar-refractivity contribution in [2.75, 3.05) is 31.1 Å². The molecule has 4 nitrogen and oxygen atoms in total. The maximum atomic E-state index is 13.3. The highest BCUT2D eigenvalue weighted by Gasteiger charge is 2.24. The molecule has 5 rings (SSSR count). The van der Waals surface area contributed by atoms with Gasteiger partial charge in [-0.2, -0.15) is 5.10 Å². The second kappa shape index (κ2) is 6.82. The molecule has 28 heavy (non-hydrogen) atoms. The van der Waals surface area contributed by atoms with Crippen LogP contribution in [0, 0.1) is 12.7 Å². The van der Waals surface area contributed by atoms with Crippen molar-refractivity contribution in [3.05, 3.63) is 77.5 Å². The lowest BCUT2D eigenvalue weighted by Gasteiger charge is -2.38. The molecule has 1 aromatic heterocycles. The minimum Gasteiger partial charge on any atom is -0.370 e. The van der Waals surface area contributed by atoms with Crippen molar-refractivity contribution in [3.63, 3.8) is 0 Å². The number of hydrogen-bond acceptors (Lipinski definition) is 3. The summed E-state index contributed by atoms with van der Waals surface area (Å²) < 4.78 is 15.4. The summed E-state index contributed by atoms with van der Waals surface area (Å²) in [5, 5.41) is 4.55. The molecule has 3 heterocycles. The monoisotopic (exact) mass is 374 g/mol. The third-order valence-corrected chi connectivity index (χ3v) is 5.65. The first kappa shape index (κ1) is 17.0. The summed E-state index contributed by atoms with van der Waals surface area (Å²) in [5.41, 5.74) is 7.07. The minimum atomic E-state index is -0.199. The van der Waals surface area contributed by atoms with Crippen molar-refractivity contribution in [2.45, 2.75) is 13.5 Å². The van der Waals surface area contributed by atoms with Crippen LogP contribution < -0.4 is 4.90 Å². The van der Waals surface area contributed by atoms with Crippen LogP contribution in [0.4, 0.5) is 10.1 Å². The minimum absolute atomic E-state index is 0.199. The molecule has 5 heteroatoms. The summed E-state index contributed by atoms with van der Waals surface area (Å²) in [7, 11) is 0. The summed E-state index contributed by atoms with van der Waals surface area (Å²) in [5.74, 6) is -0.199. The topological polar surface area (TPSA) is 24.3 Å². The van der Waals surface area contributed by atoms with E-state index in [1.165, 1.54) is 29.2 Å². The highest BCUT2D eigenvalue weighted by Crippen LogP contribution is 2.32. The van der Waals surface area contributed by atoms with Crippen LogP contribution in [-0.2, 0) is 6.54 Å². The van der Waals surface area contributed by atoms with Crippen molar-refractivity contribution in [1.82, 2.24) is 14.7 Å². The second-order valence-electron chi connectivity index (χ2n) is 7.50. The predicted molar refractivity (Wildman–Crippen MR) is 111 cm³/mol. The fraction of sp³-hybridized carbons (Fsp3) is 0.261. The van der Waals surface area contributed by atoms with E-state index in [-0.39, 0.29) is 5.82 Å². The van der Waals surface area contributed by atoms with Gasteiger partial charge in [-0.15, -0.1) is 0 Å². The molecule has 2 aliphatic rings. The van der Waals surface area contributed by atoms with E-state index in [2.05, 4.69) is 49.9 Å². The fourth-order valence-corrected chi connectivity index (χ4v) is 4.23. The standard InChI is InChI=1S/C23H23FN4/c1-17-14-20-15-21(16-28(20)25-17)26-10-12-27(13-11-26)23-5-3-2-4-22(23)18-6-8-19(24)9-7-18/h2-9,14-15H,10-13,16H2,1H3. The van der Waals surface area contributed by atoms with E-state index >= 15 is 0 Å². The van der Waals surface area contributed by atoms with Gasteiger partial charge in [-0.25, -0.2) is 4.39 Å². The van der Waals surface area contributed by atoms with E-state index in [1.54, 1.807) is 0 Å². The molecule has 1 fully saturated rings. The van der Waals surface area contributed by atoms with Gasteiger partial charge in [0, 0.05) is 43.1 Å². The zero-order valence-electron chi connectivity index (χ0n) is 16.0. The van der Waals surface area contributed by atoms with Gasteiger partial charge < -0.3 is 9.80 Å². The quantitative estimate of drug-likeness (QED) is 0.688. The molecule has 0 amide bonds. The SMILES string of the molecule is Cc1cc2n(n1)CC(N1CCN(c3ccccc3-c3ccc(F)cc3)CC1)=C2. The van der Waals surface area contributed by atoms with Crippen molar-refractivity contribution in [3.8, 4) is 11.1 Å². The van der Waals surface area contributed by atoms with Gasteiger partial charge in [-0.05, 0) is 42.8 Å². The number of halogens is 1. The molecule has 0 spiro atoms. The molecule has 0 atom stereocenters. The maximum absolute atomic E-state index is 13.3. The average molecular weight is 374 g/mol. The first-order valence-corrected chi connectivity index (χ1v) is 9.77. The average Bonchev–Trinajstić information content (AvgIpc) is 3.26. The molecule has 2 aromatic carbocycles. The van der Waals surface area contributed by atoms with Crippen molar-refractivity contribution < 1.29 is 4.39 Å². The highest BCUT2D eigenvalue weighted by molar-refractivity contribution is 5.78.